The van der Waals surface area contributed by atoms with Gasteiger partial charge in [-0.15, -0.1) is 11.3 Å². The van der Waals surface area contributed by atoms with Crippen LogP contribution in [-0.4, -0.2) is 23.2 Å². The Morgan fingerprint density at radius 2 is 2.07 bits per heavy atom. The molecular weight excluding hydrogens is 196 g/mol. The molecule has 0 spiro atoms. The van der Waals surface area contributed by atoms with Crippen molar-refractivity contribution in [1.29, 1.82) is 0 Å². The second-order valence-electron chi connectivity index (χ2n) is 3.71. The van der Waals surface area contributed by atoms with Gasteiger partial charge in [-0.1, -0.05) is 0 Å². The first-order valence-electron chi connectivity index (χ1n) is 5.13. The Labute approximate surface area is 88.4 Å². The van der Waals surface area contributed by atoms with Gasteiger partial charge in [-0.25, -0.2) is 4.98 Å². The Morgan fingerprint density at radius 1 is 1.36 bits per heavy atom. The third-order valence-electron chi connectivity index (χ3n) is 2.66. The fourth-order valence-electron chi connectivity index (χ4n) is 1.78. The van der Waals surface area contributed by atoms with Crippen molar-refractivity contribution in [1.82, 2.24) is 4.98 Å². The van der Waals surface area contributed by atoms with Crippen LogP contribution in [0.1, 0.15) is 29.8 Å². The van der Waals surface area contributed by atoms with Crippen molar-refractivity contribution in [2.24, 2.45) is 0 Å². The minimum Gasteiger partial charge on any atom is -0.390 e. The molecule has 14 heavy (non-hydrogen) atoms. The summed E-state index contributed by atoms with van der Waals surface area (Å²) in [5, 5.41) is 10.1. The van der Waals surface area contributed by atoms with Crippen LogP contribution in [0.3, 0.4) is 0 Å². The van der Waals surface area contributed by atoms with E-state index in [0.717, 1.165) is 28.8 Å². The highest BCUT2D eigenvalue weighted by Crippen LogP contribution is 2.27. The van der Waals surface area contributed by atoms with Gasteiger partial charge in [0.15, 0.2) is 5.13 Å². The van der Waals surface area contributed by atoms with E-state index in [2.05, 4.69) is 9.88 Å². The smallest absolute Gasteiger partial charge is 0.185 e. The summed E-state index contributed by atoms with van der Waals surface area (Å²) < 4.78 is 0. The minimum atomic E-state index is 0.0656. The van der Waals surface area contributed by atoms with E-state index in [1.54, 1.807) is 11.3 Å². The Kier molecular flexibility index (Phi) is 3.03. The standard InChI is InChI=1S/C10H16N2OS/c1-8-9(7-13)11-10(14-8)12-5-3-2-4-6-12/h13H,2-7H2,1H3. The van der Waals surface area contributed by atoms with Crippen molar-refractivity contribution >= 4 is 16.5 Å². The SMILES string of the molecule is Cc1sc(N2CCCCC2)nc1CO. The van der Waals surface area contributed by atoms with E-state index in [-0.39, 0.29) is 6.61 Å². The third-order valence-corrected chi connectivity index (χ3v) is 3.73. The Morgan fingerprint density at radius 3 is 2.64 bits per heavy atom. The summed E-state index contributed by atoms with van der Waals surface area (Å²) in [5.74, 6) is 0. The molecule has 1 fully saturated rings. The number of aryl methyl sites for hydroxylation is 1. The van der Waals surface area contributed by atoms with Crippen LogP contribution in [0, 0.1) is 6.92 Å². The summed E-state index contributed by atoms with van der Waals surface area (Å²) in [6, 6.07) is 0. The van der Waals surface area contributed by atoms with Crippen LogP contribution in [0.2, 0.25) is 0 Å². The van der Waals surface area contributed by atoms with Crippen LogP contribution >= 0.6 is 11.3 Å². The number of rotatable bonds is 2. The number of thiazole rings is 1. The fraction of sp³-hybridized carbons (Fsp3) is 0.700. The van der Waals surface area contributed by atoms with Crippen LogP contribution in [0.25, 0.3) is 0 Å². The first-order valence-corrected chi connectivity index (χ1v) is 5.95. The van der Waals surface area contributed by atoms with E-state index in [4.69, 9.17) is 5.11 Å². The van der Waals surface area contributed by atoms with Crippen molar-refractivity contribution in [2.75, 3.05) is 18.0 Å². The molecule has 2 rings (SSSR count). The lowest BCUT2D eigenvalue weighted by atomic mass is 10.1. The molecule has 4 heteroatoms. The molecule has 0 amide bonds. The predicted octanol–water partition coefficient (Wildman–Crippen LogP) is 1.93. The van der Waals surface area contributed by atoms with Gasteiger partial charge in [-0.05, 0) is 26.2 Å². The topological polar surface area (TPSA) is 36.4 Å². The van der Waals surface area contributed by atoms with Gasteiger partial charge in [-0.2, -0.15) is 0 Å². The summed E-state index contributed by atoms with van der Waals surface area (Å²) in [4.78, 5) is 7.93. The number of anilines is 1. The molecule has 1 saturated heterocycles. The summed E-state index contributed by atoms with van der Waals surface area (Å²) in [6.45, 7) is 4.34. The van der Waals surface area contributed by atoms with E-state index in [9.17, 15) is 0 Å². The molecule has 0 unspecified atom stereocenters. The molecule has 78 valence electrons. The summed E-state index contributed by atoms with van der Waals surface area (Å²) in [5.41, 5.74) is 0.843. The molecule has 3 nitrogen and oxygen atoms in total. The van der Waals surface area contributed by atoms with Gasteiger partial charge in [0, 0.05) is 18.0 Å². The van der Waals surface area contributed by atoms with E-state index in [1.165, 1.54) is 19.3 Å². The lowest BCUT2D eigenvalue weighted by Gasteiger charge is -2.25. The van der Waals surface area contributed by atoms with Crippen LogP contribution in [-0.2, 0) is 6.61 Å². The van der Waals surface area contributed by atoms with E-state index in [0.29, 0.717) is 0 Å². The van der Waals surface area contributed by atoms with Gasteiger partial charge in [0.25, 0.3) is 0 Å². The van der Waals surface area contributed by atoms with Crippen LogP contribution in [0.15, 0.2) is 0 Å². The van der Waals surface area contributed by atoms with Gasteiger partial charge >= 0.3 is 0 Å². The molecule has 0 radical (unpaired) electrons. The molecule has 2 heterocycles. The highest BCUT2D eigenvalue weighted by Gasteiger charge is 2.15. The molecule has 1 aromatic rings. The van der Waals surface area contributed by atoms with Crippen molar-refractivity contribution in [3.05, 3.63) is 10.6 Å². The molecule has 1 aliphatic rings. The van der Waals surface area contributed by atoms with Crippen LogP contribution in [0.5, 0.6) is 0 Å². The lowest BCUT2D eigenvalue weighted by Crippen LogP contribution is -2.29. The molecular formula is C10H16N2OS. The van der Waals surface area contributed by atoms with Crippen molar-refractivity contribution in [2.45, 2.75) is 32.8 Å². The number of hydrogen-bond donors (Lipinski definition) is 1. The van der Waals surface area contributed by atoms with E-state index >= 15 is 0 Å². The van der Waals surface area contributed by atoms with Crippen molar-refractivity contribution < 1.29 is 5.11 Å². The maximum Gasteiger partial charge on any atom is 0.185 e. The maximum absolute atomic E-state index is 9.06. The first kappa shape index (κ1) is 9.93. The van der Waals surface area contributed by atoms with E-state index in [1.807, 2.05) is 6.92 Å². The third kappa shape index (κ3) is 1.91. The van der Waals surface area contributed by atoms with Gasteiger partial charge in [-0.3, -0.25) is 0 Å². The first-order chi connectivity index (χ1) is 6.81. The average Bonchev–Trinajstić information content (AvgIpc) is 2.61. The zero-order valence-electron chi connectivity index (χ0n) is 8.49. The number of aliphatic hydroxyl groups excluding tert-OH is 1. The summed E-state index contributed by atoms with van der Waals surface area (Å²) in [6.07, 6.45) is 3.88. The Balaban J connectivity index is 2.14. The van der Waals surface area contributed by atoms with Crippen LogP contribution in [0.4, 0.5) is 5.13 Å². The van der Waals surface area contributed by atoms with Crippen molar-refractivity contribution in [3.63, 3.8) is 0 Å². The van der Waals surface area contributed by atoms with Gasteiger partial charge in [0.1, 0.15) is 0 Å². The number of aliphatic hydroxyl groups is 1. The molecule has 1 N–H and O–H groups in total. The summed E-state index contributed by atoms with van der Waals surface area (Å²) in [7, 11) is 0. The van der Waals surface area contributed by atoms with Gasteiger partial charge in [0.2, 0.25) is 0 Å². The second kappa shape index (κ2) is 4.28. The summed E-state index contributed by atoms with van der Waals surface area (Å²) >= 11 is 1.70. The highest BCUT2D eigenvalue weighted by atomic mass is 32.1. The molecule has 0 aliphatic carbocycles. The number of aromatic nitrogens is 1. The zero-order valence-corrected chi connectivity index (χ0v) is 9.31. The second-order valence-corrected chi connectivity index (χ2v) is 4.89. The molecule has 0 aromatic carbocycles. The minimum absolute atomic E-state index is 0.0656. The quantitative estimate of drug-likeness (QED) is 0.814. The average molecular weight is 212 g/mol. The predicted molar refractivity (Wildman–Crippen MR) is 58.8 cm³/mol. The maximum atomic E-state index is 9.06. The van der Waals surface area contributed by atoms with E-state index < -0.39 is 0 Å². The molecule has 1 aromatic heterocycles. The molecule has 0 bridgehead atoms. The molecule has 1 aliphatic heterocycles. The Hall–Kier alpha value is -0.610. The Bertz CT molecular complexity index is 305. The van der Waals surface area contributed by atoms with Crippen LogP contribution < -0.4 is 4.90 Å². The highest BCUT2D eigenvalue weighted by molar-refractivity contribution is 7.15. The fourth-order valence-corrected chi connectivity index (χ4v) is 2.75. The molecule has 0 saturated carbocycles. The normalized spacial score (nSPS) is 17.4. The number of hydrogen-bond acceptors (Lipinski definition) is 4. The van der Waals surface area contributed by atoms with Gasteiger partial charge < -0.3 is 10.0 Å². The van der Waals surface area contributed by atoms with Crippen molar-refractivity contribution in [3.8, 4) is 0 Å². The number of nitrogens with zero attached hydrogens (tertiary/aromatic N) is 2. The number of piperidine rings is 1. The molecule has 0 atom stereocenters. The van der Waals surface area contributed by atoms with Gasteiger partial charge in [0.05, 0.1) is 12.3 Å². The lowest BCUT2D eigenvalue weighted by molar-refractivity contribution is 0.277. The zero-order chi connectivity index (χ0) is 9.97. The monoisotopic (exact) mass is 212 g/mol. The largest absolute Gasteiger partial charge is 0.390 e.